The van der Waals surface area contributed by atoms with E-state index < -0.39 is 5.60 Å². The van der Waals surface area contributed by atoms with Gasteiger partial charge < -0.3 is 20.7 Å². The lowest BCUT2D eigenvalue weighted by atomic mass is 9.91. The lowest BCUT2D eigenvalue weighted by Crippen LogP contribution is -2.47. The number of amides is 2. The van der Waals surface area contributed by atoms with E-state index in [1.807, 2.05) is 29.6 Å². The van der Waals surface area contributed by atoms with E-state index in [-0.39, 0.29) is 12.0 Å². The van der Waals surface area contributed by atoms with E-state index in [0.717, 1.165) is 48.1 Å². The molecule has 0 radical (unpaired) electrons. The summed E-state index contributed by atoms with van der Waals surface area (Å²) in [5.74, 6) is -0.250. The third-order valence-corrected chi connectivity index (χ3v) is 8.21. The minimum Gasteiger partial charge on any atom is -0.441 e. The number of likely N-dealkylation sites (tertiary alicyclic amines) is 1. The lowest BCUT2D eigenvalue weighted by molar-refractivity contribution is -0.000962. The van der Waals surface area contributed by atoms with E-state index >= 15 is 0 Å². The number of rotatable bonds is 5. The number of carbonyl (C=O) groups excluding carboxylic acids is 2. The maximum Gasteiger partial charge on any atom is 0.415 e. The van der Waals surface area contributed by atoms with Crippen molar-refractivity contribution in [3.63, 3.8) is 0 Å². The summed E-state index contributed by atoms with van der Waals surface area (Å²) in [5.41, 5.74) is 9.04. The van der Waals surface area contributed by atoms with Gasteiger partial charge in [-0.05, 0) is 66.2 Å². The quantitative estimate of drug-likeness (QED) is 0.482. The number of nitrogens with zero attached hydrogens (tertiary/aromatic N) is 2. The van der Waals surface area contributed by atoms with Gasteiger partial charge in [-0.3, -0.25) is 9.69 Å². The van der Waals surface area contributed by atoms with Gasteiger partial charge in [-0.25, -0.2) is 4.79 Å². The third-order valence-electron chi connectivity index (χ3n) is 7.29. The van der Waals surface area contributed by atoms with Gasteiger partial charge in [-0.2, -0.15) is 0 Å². The van der Waals surface area contributed by atoms with Gasteiger partial charge >= 0.3 is 6.09 Å². The summed E-state index contributed by atoms with van der Waals surface area (Å²) in [6.45, 7) is 2.53. The second-order valence-electron chi connectivity index (χ2n) is 9.68. The molecule has 7 nitrogen and oxygen atoms in total. The van der Waals surface area contributed by atoms with Crippen LogP contribution in [0.3, 0.4) is 0 Å². The predicted octanol–water partition coefficient (Wildman–Crippen LogP) is 5.20. The molecule has 2 aliphatic heterocycles. The number of benzene rings is 2. The fourth-order valence-electron chi connectivity index (χ4n) is 5.07. The van der Waals surface area contributed by atoms with Crippen LogP contribution in [0.2, 0.25) is 0 Å². The Balaban J connectivity index is 1.13. The minimum absolute atomic E-state index is 0.250. The standard InChI is InChI=1S/C27H28N4O3S/c28-22-10-5-19(24-2-1-15-35-24)16-23(22)29-25(32)18-3-6-21(7-4-18)31-17-27(34-26(31)33)11-13-30(14-12-27)20-8-9-20/h1-7,10,15-16,20H,8-9,11-14,17,28H2,(H,29,32). The zero-order valence-electron chi connectivity index (χ0n) is 19.4. The van der Waals surface area contributed by atoms with Crippen molar-refractivity contribution in [3.8, 4) is 10.4 Å². The van der Waals surface area contributed by atoms with Crippen molar-refractivity contribution in [2.24, 2.45) is 0 Å². The van der Waals surface area contributed by atoms with Crippen LogP contribution in [0.1, 0.15) is 36.0 Å². The number of thiophene rings is 1. The number of hydrogen-bond donors (Lipinski definition) is 2. The van der Waals surface area contributed by atoms with Crippen LogP contribution in [0.4, 0.5) is 21.9 Å². The minimum atomic E-state index is -0.399. The van der Waals surface area contributed by atoms with E-state index in [2.05, 4.69) is 10.2 Å². The molecule has 6 rings (SSSR count). The van der Waals surface area contributed by atoms with Crippen molar-refractivity contribution in [2.45, 2.75) is 37.3 Å². The van der Waals surface area contributed by atoms with Crippen LogP contribution in [-0.4, -0.2) is 48.2 Å². The number of nitrogens with two attached hydrogens (primary N) is 1. The molecular weight excluding hydrogens is 460 g/mol. The molecule has 1 aromatic heterocycles. The fourth-order valence-corrected chi connectivity index (χ4v) is 5.79. The number of nitrogens with one attached hydrogen (secondary N) is 1. The van der Waals surface area contributed by atoms with Gasteiger partial charge in [0.1, 0.15) is 5.60 Å². The highest BCUT2D eigenvalue weighted by Gasteiger charge is 2.48. The maximum atomic E-state index is 12.9. The van der Waals surface area contributed by atoms with Crippen molar-refractivity contribution in [1.82, 2.24) is 4.90 Å². The third kappa shape index (κ3) is 4.39. The molecular formula is C27H28N4O3S. The van der Waals surface area contributed by atoms with Crippen molar-refractivity contribution < 1.29 is 14.3 Å². The van der Waals surface area contributed by atoms with E-state index in [4.69, 9.17) is 10.5 Å². The van der Waals surface area contributed by atoms with Crippen LogP contribution in [0.5, 0.6) is 0 Å². The summed E-state index contributed by atoms with van der Waals surface area (Å²) >= 11 is 1.63. The van der Waals surface area contributed by atoms with E-state index in [1.54, 1.807) is 46.6 Å². The van der Waals surface area contributed by atoms with E-state index in [0.29, 0.717) is 23.5 Å². The van der Waals surface area contributed by atoms with Gasteiger partial charge in [0.2, 0.25) is 0 Å². The SMILES string of the molecule is Nc1ccc(-c2cccs2)cc1NC(=O)c1ccc(N2CC3(CCN(C4CC4)CC3)OC2=O)cc1. The number of hydrogen-bond acceptors (Lipinski definition) is 6. The highest BCUT2D eigenvalue weighted by Crippen LogP contribution is 2.39. The Morgan fingerprint density at radius 3 is 2.54 bits per heavy atom. The van der Waals surface area contributed by atoms with Crippen molar-refractivity contribution in [3.05, 3.63) is 65.5 Å². The molecule has 1 saturated carbocycles. The molecule has 180 valence electrons. The molecule has 3 fully saturated rings. The molecule has 35 heavy (non-hydrogen) atoms. The molecule has 3 N–H and O–H groups in total. The van der Waals surface area contributed by atoms with Crippen LogP contribution in [0.15, 0.2) is 60.0 Å². The lowest BCUT2D eigenvalue weighted by Gasteiger charge is -2.37. The Kier molecular flexibility index (Phi) is 5.50. The predicted molar refractivity (Wildman–Crippen MR) is 139 cm³/mol. The number of carbonyl (C=O) groups is 2. The molecule has 3 heterocycles. The monoisotopic (exact) mass is 488 g/mol. The first-order valence-corrected chi connectivity index (χ1v) is 13.0. The van der Waals surface area contributed by atoms with Crippen LogP contribution in [0.25, 0.3) is 10.4 Å². The Morgan fingerprint density at radius 2 is 1.86 bits per heavy atom. The highest BCUT2D eigenvalue weighted by molar-refractivity contribution is 7.13. The molecule has 3 aliphatic rings. The number of piperidine rings is 1. The number of ether oxygens (including phenoxy) is 1. The first kappa shape index (κ1) is 22.1. The fraction of sp³-hybridized carbons (Fsp3) is 0.333. The molecule has 8 heteroatoms. The highest BCUT2D eigenvalue weighted by atomic mass is 32.1. The molecule has 1 aliphatic carbocycles. The molecule has 0 bridgehead atoms. The van der Waals surface area contributed by atoms with Gasteiger partial charge in [0.25, 0.3) is 5.91 Å². The van der Waals surface area contributed by atoms with Crippen molar-refractivity contribution in [2.75, 3.05) is 35.6 Å². The molecule has 1 spiro atoms. The summed E-state index contributed by atoms with van der Waals surface area (Å²) in [7, 11) is 0. The summed E-state index contributed by atoms with van der Waals surface area (Å²) in [4.78, 5) is 30.9. The summed E-state index contributed by atoms with van der Waals surface area (Å²) < 4.78 is 5.88. The van der Waals surface area contributed by atoms with E-state index in [9.17, 15) is 9.59 Å². The van der Waals surface area contributed by atoms with Crippen LogP contribution in [-0.2, 0) is 4.74 Å². The Bertz CT molecular complexity index is 1250. The smallest absolute Gasteiger partial charge is 0.415 e. The Morgan fingerprint density at radius 1 is 1.09 bits per heavy atom. The zero-order chi connectivity index (χ0) is 24.0. The second-order valence-corrected chi connectivity index (χ2v) is 10.6. The average molecular weight is 489 g/mol. The average Bonchev–Trinajstić information content (AvgIpc) is 3.47. The summed E-state index contributed by atoms with van der Waals surface area (Å²) in [5, 5.41) is 4.94. The largest absolute Gasteiger partial charge is 0.441 e. The van der Waals surface area contributed by atoms with Crippen LogP contribution >= 0.6 is 11.3 Å². The van der Waals surface area contributed by atoms with Crippen LogP contribution in [0, 0.1) is 0 Å². The second kappa shape index (κ2) is 8.70. The first-order valence-electron chi connectivity index (χ1n) is 12.1. The summed E-state index contributed by atoms with van der Waals surface area (Å²) in [6, 6.07) is 17.5. The van der Waals surface area contributed by atoms with E-state index in [1.165, 1.54) is 12.8 Å². The molecule has 2 amide bonds. The van der Waals surface area contributed by atoms with Crippen molar-refractivity contribution >= 4 is 40.4 Å². The molecule has 2 saturated heterocycles. The maximum absolute atomic E-state index is 12.9. The molecule has 0 unspecified atom stereocenters. The van der Waals surface area contributed by atoms with Gasteiger partial charge in [0.05, 0.1) is 17.9 Å². The molecule has 2 aromatic carbocycles. The van der Waals surface area contributed by atoms with Gasteiger partial charge in [-0.1, -0.05) is 12.1 Å². The van der Waals surface area contributed by atoms with Gasteiger partial charge in [-0.15, -0.1) is 11.3 Å². The first-order chi connectivity index (χ1) is 17.0. The van der Waals surface area contributed by atoms with Gasteiger partial charge in [0.15, 0.2) is 0 Å². The number of nitrogen functional groups attached to an aromatic ring is 1. The zero-order valence-corrected chi connectivity index (χ0v) is 20.2. The van der Waals surface area contributed by atoms with Gasteiger partial charge in [0, 0.05) is 48.1 Å². The number of anilines is 3. The Labute approximate surface area is 208 Å². The summed E-state index contributed by atoms with van der Waals surface area (Å²) in [6.07, 6.45) is 4.04. The Hall–Kier alpha value is -3.36. The normalized spacial score (nSPS) is 19.7. The molecule has 0 atom stereocenters. The van der Waals surface area contributed by atoms with Crippen LogP contribution < -0.4 is 16.0 Å². The topological polar surface area (TPSA) is 87.9 Å². The van der Waals surface area contributed by atoms with Crippen molar-refractivity contribution in [1.29, 1.82) is 0 Å². The molecule has 3 aromatic rings.